The van der Waals surface area contributed by atoms with E-state index in [0.29, 0.717) is 17.8 Å². The lowest BCUT2D eigenvalue weighted by Crippen LogP contribution is -2.30. The van der Waals surface area contributed by atoms with Crippen molar-refractivity contribution >= 4 is 28.4 Å². The van der Waals surface area contributed by atoms with E-state index in [9.17, 15) is 9.59 Å². The molecule has 1 aromatic carbocycles. The number of aromatic nitrogens is 4. The summed E-state index contributed by atoms with van der Waals surface area (Å²) >= 11 is 0. The lowest BCUT2D eigenvalue weighted by atomic mass is 10.2. The van der Waals surface area contributed by atoms with Gasteiger partial charge in [-0.3, -0.25) is 18.8 Å². The van der Waals surface area contributed by atoms with Crippen molar-refractivity contribution < 1.29 is 4.79 Å². The number of para-hydroxylation sites is 1. The van der Waals surface area contributed by atoms with Crippen molar-refractivity contribution in [3.63, 3.8) is 0 Å². The van der Waals surface area contributed by atoms with Gasteiger partial charge in [0.1, 0.15) is 0 Å². The summed E-state index contributed by atoms with van der Waals surface area (Å²) in [7, 11) is 1.77. The maximum absolute atomic E-state index is 12.7. The Morgan fingerprint density at radius 1 is 1.14 bits per heavy atom. The molecule has 8 nitrogen and oxygen atoms in total. The average Bonchev–Trinajstić information content (AvgIpc) is 3.44. The first-order valence-corrected chi connectivity index (χ1v) is 9.67. The fourth-order valence-electron chi connectivity index (χ4n) is 4.22. The zero-order valence-corrected chi connectivity index (χ0v) is 15.8. The van der Waals surface area contributed by atoms with Crippen LogP contribution in [0.3, 0.4) is 0 Å². The van der Waals surface area contributed by atoms with Crippen molar-refractivity contribution in [1.82, 2.24) is 19.3 Å². The lowest BCUT2D eigenvalue weighted by Gasteiger charge is -2.20. The van der Waals surface area contributed by atoms with Crippen molar-refractivity contribution in [3.8, 4) is 0 Å². The second kappa shape index (κ2) is 6.47. The maximum Gasteiger partial charge on any atom is 0.262 e. The van der Waals surface area contributed by atoms with Crippen LogP contribution in [0, 0.1) is 0 Å². The number of nitrogens with zero attached hydrogens (tertiary/aromatic N) is 6. The first-order chi connectivity index (χ1) is 13.6. The molecule has 1 atom stereocenters. The maximum atomic E-state index is 12.7. The molecule has 2 aliphatic rings. The van der Waals surface area contributed by atoms with Crippen molar-refractivity contribution in [2.75, 3.05) is 29.4 Å². The van der Waals surface area contributed by atoms with Crippen LogP contribution in [0.1, 0.15) is 25.3 Å². The van der Waals surface area contributed by atoms with E-state index in [1.54, 1.807) is 17.8 Å². The van der Waals surface area contributed by atoms with Crippen LogP contribution in [0.4, 0.5) is 11.6 Å². The van der Waals surface area contributed by atoms with Gasteiger partial charge in [-0.2, -0.15) is 5.10 Å². The summed E-state index contributed by atoms with van der Waals surface area (Å²) in [6.07, 6.45) is 6.17. The molecule has 5 rings (SSSR count). The van der Waals surface area contributed by atoms with Crippen LogP contribution in [0.25, 0.3) is 10.9 Å². The highest BCUT2D eigenvalue weighted by molar-refractivity contribution is 5.95. The molecule has 8 heteroatoms. The fraction of sp³-hybridized carbons (Fsp3) is 0.400. The number of rotatable bonds is 3. The summed E-state index contributed by atoms with van der Waals surface area (Å²) in [6, 6.07) is 7.63. The molecular weight excluding hydrogens is 356 g/mol. The Morgan fingerprint density at radius 2 is 2.00 bits per heavy atom. The van der Waals surface area contributed by atoms with Crippen molar-refractivity contribution in [1.29, 1.82) is 0 Å². The SMILES string of the molecule is Cn1c(N2CCC(n3cc(N4CCCC4=O)cn3)C2)nc2ccccc2c1=O. The third-order valence-electron chi connectivity index (χ3n) is 5.75. The van der Waals surface area contributed by atoms with Crippen LogP contribution in [-0.4, -0.2) is 44.9 Å². The topological polar surface area (TPSA) is 76.3 Å². The highest BCUT2D eigenvalue weighted by Crippen LogP contribution is 2.28. The number of carbonyl (C=O) groups is 1. The number of carbonyl (C=O) groups excluding carboxylic acids is 1. The van der Waals surface area contributed by atoms with E-state index < -0.39 is 0 Å². The number of hydrogen-bond acceptors (Lipinski definition) is 5. The first kappa shape index (κ1) is 17.0. The average molecular weight is 378 g/mol. The summed E-state index contributed by atoms with van der Waals surface area (Å²) < 4.78 is 3.57. The Hall–Kier alpha value is -3.16. The monoisotopic (exact) mass is 378 g/mol. The van der Waals surface area contributed by atoms with Crippen LogP contribution in [0.2, 0.25) is 0 Å². The second-order valence-electron chi connectivity index (χ2n) is 7.51. The van der Waals surface area contributed by atoms with Gasteiger partial charge in [-0.25, -0.2) is 4.98 Å². The van der Waals surface area contributed by atoms with E-state index in [2.05, 4.69) is 10.00 Å². The third kappa shape index (κ3) is 2.67. The molecule has 4 heterocycles. The molecule has 1 amide bonds. The van der Waals surface area contributed by atoms with Gasteiger partial charge < -0.3 is 9.80 Å². The van der Waals surface area contributed by atoms with Crippen LogP contribution in [0.15, 0.2) is 41.5 Å². The molecule has 0 N–H and O–H groups in total. The summed E-state index contributed by atoms with van der Waals surface area (Å²) in [5, 5.41) is 5.14. The minimum atomic E-state index is -0.0297. The van der Waals surface area contributed by atoms with Gasteiger partial charge in [0.2, 0.25) is 11.9 Å². The predicted molar refractivity (Wildman–Crippen MR) is 107 cm³/mol. The molecule has 0 spiro atoms. The van der Waals surface area contributed by atoms with E-state index in [0.717, 1.165) is 43.7 Å². The molecule has 2 aromatic heterocycles. The molecule has 2 fully saturated rings. The number of amides is 1. The van der Waals surface area contributed by atoms with E-state index in [-0.39, 0.29) is 17.5 Å². The summed E-state index contributed by atoms with van der Waals surface area (Å²) in [4.78, 5) is 33.3. The molecule has 28 heavy (non-hydrogen) atoms. The van der Waals surface area contributed by atoms with Gasteiger partial charge in [0.15, 0.2) is 0 Å². The zero-order chi connectivity index (χ0) is 19.3. The number of benzene rings is 1. The normalized spacial score (nSPS) is 19.9. The smallest absolute Gasteiger partial charge is 0.262 e. The van der Waals surface area contributed by atoms with Gasteiger partial charge in [0.05, 0.1) is 28.8 Å². The van der Waals surface area contributed by atoms with E-state index in [4.69, 9.17) is 4.98 Å². The molecular formula is C20H22N6O2. The Bertz CT molecular complexity index is 1120. The Kier molecular flexibility index (Phi) is 3.92. The van der Waals surface area contributed by atoms with Gasteiger partial charge in [0.25, 0.3) is 5.56 Å². The lowest BCUT2D eigenvalue weighted by molar-refractivity contribution is -0.117. The number of hydrogen-bond donors (Lipinski definition) is 0. The first-order valence-electron chi connectivity index (χ1n) is 9.67. The number of anilines is 2. The molecule has 0 saturated carbocycles. The molecule has 144 valence electrons. The Balaban J connectivity index is 1.40. The van der Waals surface area contributed by atoms with Crippen LogP contribution in [0.5, 0.6) is 0 Å². The van der Waals surface area contributed by atoms with E-state index >= 15 is 0 Å². The van der Waals surface area contributed by atoms with Crippen molar-refractivity contribution in [2.45, 2.75) is 25.3 Å². The van der Waals surface area contributed by atoms with E-state index in [1.165, 1.54) is 0 Å². The molecule has 3 aromatic rings. The highest BCUT2D eigenvalue weighted by atomic mass is 16.2. The van der Waals surface area contributed by atoms with Gasteiger partial charge >= 0.3 is 0 Å². The van der Waals surface area contributed by atoms with Crippen LogP contribution < -0.4 is 15.4 Å². The minimum absolute atomic E-state index is 0.0297. The molecule has 2 saturated heterocycles. The third-order valence-corrected chi connectivity index (χ3v) is 5.75. The molecule has 0 aliphatic carbocycles. The largest absolute Gasteiger partial charge is 0.340 e. The highest BCUT2D eigenvalue weighted by Gasteiger charge is 2.29. The molecule has 0 bridgehead atoms. The fourth-order valence-corrected chi connectivity index (χ4v) is 4.22. The van der Waals surface area contributed by atoms with Gasteiger partial charge in [0, 0.05) is 39.3 Å². The van der Waals surface area contributed by atoms with Crippen molar-refractivity contribution in [3.05, 3.63) is 47.0 Å². The summed E-state index contributed by atoms with van der Waals surface area (Å²) in [5.41, 5.74) is 1.56. The van der Waals surface area contributed by atoms with Gasteiger partial charge in [-0.05, 0) is 25.0 Å². The standard InChI is InChI=1S/C20H22N6O2/c1-23-19(28)16-5-2-3-6-17(16)22-20(23)24-10-8-14(12-24)26-13-15(11-21-26)25-9-4-7-18(25)27/h2-3,5-6,11,13-14H,4,7-10,12H2,1H3. The second-order valence-corrected chi connectivity index (χ2v) is 7.51. The summed E-state index contributed by atoms with van der Waals surface area (Å²) in [5.74, 6) is 0.858. The van der Waals surface area contributed by atoms with Crippen LogP contribution >= 0.6 is 0 Å². The van der Waals surface area contributed by atoms with Gasteiger partial charge in [-0.15, -0.1) is 0 Å². The van der Waals surface area contributed by atoms with Gasteiger partial charge in [-0.1, -0.05) is 12.1 Å². The quantitative estimate of drug-likeness (QED) is 0.693. The van der Waals surface area contributed by atoms with E-state index in [1.807, 2.05) is 40.0 Å². The Morgan fingerprint density at radius 3 is 2.82 bits per heavy atom. The van der Waals surface area contributed by atoms with Crippen LogP contribution in [-0.2, 0) is 11.8 Å². The molecule has 0 radical (unpaired) electrons. The predicted octanol–water partition coefficient (Wildman–Crippen LogP) is 1.71. The molecule has 2 aliphatic heterocycles. The number of fused-ring (bicyclic) bond motifs is 1. The summed E-state index contributed by atoms with van der Waals surface area (Å²) in [6.45, 7) is 2.30. The zero-order valence-electron chi connectivity index (χ0n) is 15.8. The Labute approximate surface area is 162 Å². The minimum Gasteiger partial charge on any atom is -0.340 e. The molecule has 1 unspecified atom stereocenters. The van der Waals surface area contributed by atoms with Crippen molar-refractivity contribution in [2.24, 2.45) is 7.05 Å².